The zero-order valence-electron chi connectivity index (χ0n) is 10.4. The monoisotopic (exact) mass is 257 g/mol. The van der Waals surface area contributed by atoms with E-state index in [0.29, 0.717) is 12.8 Å². The van der Waals surface area contributed by atoms with Gasteiger partial charge in [-0.3, -0.25) is 4.98 Å². The van der Waals surface area contributed by atoms with Gasteiger partial charge in [0.1, 0.15) is 0 Å². The topological polar surface area (TPSA) is 59.4 Å². The summed E-state index contributed by atoms with van der Waals surface area (Å²) in [6, 6.07) is 13.4. The van der Waals surface area contributed by atoms with Crippen LogP contribution in [0.25, 0.3) is 0 Å². The smallest absolute Gasteiger partial charge is 0.301 e. The van der Waals surface area contributed by atoms with E-state index in [1.807, 2.05) is 42.5 Å². The first-order valence-electron chi connectivity index (χ1n) is 6.07. The first-order chi connectivity index (χ1) is 9.29. The van der Waals surface area contributed by atoms with Gasteiger partial charge in [0.15, 0.2) is 0 Å². The summed E-state index contributed by atoms with van der Waals surface area (Å²) in [4.78, 5) is 19.5. The van der Waals surface area contributed by atoms with E-state index in [1.165, 1.54) is 0 Å². The summed E-state index contributed by atoms with van der Waals surface area (Å²) < 4.78 is 0. The van der Waals surface area contributed by atoms with Crippen LogP contribution < -0.4 is 0 Å². The maximum atomic E-state index is 11.6. The molecular formula is C15H15NO3. The molecule has 19 heavy (non-hydrogen) atoms. The zero-order valence-corrected chi connectivity index (χ0v) is 10.4. The third-order valence-corrected chi connectivity index (χ3v) is 2.95. The molecule has 2 aromatic rings. The van der Waals surface area contributed by atoms with Crippen LogP contribution in [0.4, 0.5) is 0 Å². The maximum Gasteiger partial charge on any atom is 0.345 e. The lowest BCUT2D eigenvalue weighted by Gasteiger charge is -2.13. The van der Waals surface area contributed by atoms with E-state index in [0.717, 1.165) is 11.1 Å². The average molecular weight is 257 g/mol. The highest BCUT2D eigenvalue weighted by atomic mass is 17.1. The molecule has 0 saturated heterocycles. The molecule has 4 heteroatoms. The van der Waals surface area contributed by atoms with Crippen LogP contribution in [0.15, 0.2) is 54.9 Å². The predicted octanol–water partition coefficient (Wildman–Crippen LogP) is 2.50. The van der Waals surface area contributed by atoms with E-state index < -0.39 is 11.9 Å². The Labute approximate surface area is 111 Å². The van der Waals surface area contributed by atoms with E-state index in [9.17, 15) is 4.79 Å². The van der Waals surface area contributed by atoms with Gasteiger partial charge in [-0.2, -0.15) is 5.26 Å². The molecule has 2 rings (SSSR count). The molecule has 1 aromatic carbocycles. The molecule has 0 aliphatic heterocycles. The lowest BCUT2D eigenvalue weighted by Crippen LogP contribution is -2.21. The molecule has 0 spiro atoms. The summed E-state index contributed by atoms with van der Waals surface area (Å²) >= 11 is 0. The van der Waals surface area contributed by atoms with Crippen molar-refractivity contribution in [1.29, 1.82) is 0 Å². The van der Waals surface area contributed by atoms with Crippen molar-refractivity contribution in [3.05, 3.63) is 66.0 Å². The number of nitrogens with zero attached hydrogens (tertiary/aromatic N) is 1. The van der Waals surface area contributed by atoms with Gasteiger partial charge < -0.3 is 4.89 Å². The van der Waals surface area contributed by atoms with Crippen LogP contribution in [0.1, 0.15) is 11.1 Å². The molecular weight excluding hydrogens is 242 g/mol. The van der Waals surface area contributed by atoms with Crippen LogP contribution in [0.3, 0.4) is 0 Å². The minimum Gasteiger partial charge on any atom is -0.301 e. The number of carbonyl (C=O) groups is 1. The molecule has 1 N–H and O–H groups in total. The fourth-order valence-corrected chi connectivity index (χ4v) is 2.02. The van der Waals surface area contributed by atoms with Gasteiger partial charge in [0.25, 0.3) is 0 Å². The van der Waals surface area contributed by atoms with Crippen molar-refractivity contribution < 1.29 is 14.9 Å². The SMILES string of the molecule is O=C(OO)C(Cc1ccccc1)Cc1cccnc1. The van der Waals surface area contributed by atoms with E-state index in [1.54, 1.807) is 12.4 Å². The van der Waals surface area contributed by atoms with E-state index in [4.69, 9.17) is 5.26 Å². The summed E-state index contributed by atoms with van der Waals surface area (Å²) in [7, 11) is 0. The summed E-state index contributed by atoms with van der Waals surface area (Å²) in [5, 5.41) is 8.60. The van der Waals surface area contributed by atoms with Crippen molar-refractivity contribution in [2.24, 2.45) is 5.92 Å². The quantitative estimate of drug-likeness (QED) is 0.660. The van der Waals surface area contributed by atoms with Crippen molar-refractivity contribution in [3.8, 4) is 0 Å². The number of pyridine rings is 1. The van der Waals surface area contributed by atoms with Gasteiger partial charge in [-0.25, -0.2) is 4.79 Å². The molecule has 0 aliphatic carbocycles. The minimum absolute atomic E-state index is 0.420. The van der Waals surface area contributed by atoms with Crippen LogP contribution in [-0.4, -0.2) is 16.2 Å². The summed E-state index contributed by atoms with van der Waals surface area (Å²) in [5.74, 6) is -1.04. The second kappa shape index (κ2) is 6.66. The number of carbonyl (C=O) groups excluding carboxylic acids is 1. The van der Waals surface area contributed by atoms with Crippen LogP contribution in [0.5, 0.6) is 0 Å². The number of hydrogen-bond acceptors (Lipinski definition) is 4. The molecule has 1 heterocycles. The molecule has 0 saturated carbocycles. The van der Waals surface area contributed by atoms with Crippen LogP contribution in [-0.2, 0) is 22.5 Å². The molecule has 0 radical (unpaired) electrons. The van der Waals surface area contributed by atoms with Gasteiger partial charge in [-0.1, -0.05) is 36.4 Å². The number of rotatable bonds is 5. The predicted molar refractivity (Wildman–Crippen MR) is 70.3 cm³/mol. The van der Waals surface area contributed by atoms with E-state index in [2.05, 4.69) is 9.87 Å². The molecule has 0 aliphatic rings. The molecule has 4 nitrogen and oxygen atoms in total. The molecule has 1 unspecified atom stereocenters. The van der Waals surface area contributed by atoms with Crippen molar-refractivity contribution in [2.75, 3.05) is 0 Å². The Balaban J connectivity index is 2.10. The van der Waals surface area contributed by atoms with Crippen molar-refractivity contribution in [3.63, 3.8) is 0 Å². The summed E-state index contributed by atoms with van der Waals surface area (Å²) in [6.07, 6.45) is 4.40. The van der Waals surface area contributed by atoms with E-state index in [-0.39, 0.29) is 0 Å². The molecule has 1 aromatic heterocycles. The van der Waals surface area contributed by atoms with Crippen molar-refractivity contribution >= 4 is 5.97 Å². The van der Waals surface area contributed by atoms with Gasteiger partial charge in [-0.05, 0) is 30.0 Å². The highest BCUT2D eigenvalue weighted by Gasteiger charge is 2.21. The summed E-state index contributed by atoms with van der Waals surface area (Å²) in [5.41, 5.74) is 1.97. The molecule has 0 fully saturated rings. The third-order valence-electron chi connectivity index (χ3n) is 2.95. The Kier molecular flexibility index (Phi) is 4.64. The average Bonchev–Trinajstić information content (AvgIpc) is 2.48. The lowest BCUT2D eigenvalue weighted by atomic mass is 9.93. The van der Waals surface area contributed by atoms with Crippen molar-refractivity contribution in [2.45, 2.75) is 12.8 Å². The number of benzene rings is 1. The maximum absolute atomic E-state index is 11.6. The van der Waals surface area contributed by atoms with Gasteiger partial charge in [-0.15, -0.1) is 0 Å². The second-order valence-electron chi connectivity index (χ2n) is 4.36. The van der Waals surface area contributed by atoms with Gasteiger partial charge in [0.05, 0.1) is 5.92 Å². The minimum atomic E-state index is -0.618. The number of hydrogen-bond donors (Lipinski definition) is 1. The van der Waals surface area contributed by atoms with Crippen LogP contribution in [0.2, 0.25) is 0 Å². The van der Waals surface area contributed by atoms with Gasteiger partial charge in [0.2, 0.25) is 0 Å². The standard InChI is InChI=1S/C15H15NO3/c17-15(19-18)14(9-12-5-2-1-3-6-12)10-13-7-4-8-16-11-13/h1-8,11,14,18H,9-10H2. The molecule has 0 amide bonds. The Morgan fingerprint density at radius 1 is 1.11 bits per heavy atom. The van der Waals surface area contributed by atoms with Gasteiger partial charge in [0, 0.05) is 12.4 Å². The Bertz CT molecular complexity index is 472. The molecule has 0 bridgehead atoms. The fraction of sp³-hybridized carbons (Fsp3) is 0.200. The fourth-order valence-electron chi connectivity index (χ4n) is 2.02. The van der Waals surface area contributed by atoms with Crippen molar-refractivity contribution in [1.82, 2.24) is 4.98 Å². The lowest BCUT2D eigenvalue weighted by molar-refractivity contribution is -0.239. The van der Waals surface area contributed by atoms with Gasteiger partial charge >= 0.3 is 5.97 Å². The van der Waals surface area contributed by atoms with Crippen LogP contribution in [0, 0.1) is 5.92 Å². The normalized spacial score (nSPS) is 11.8. The molecule has 98 valence electrons. The Hall–Kier alpha value is -2.20. The Morgan fingerprint density at radius 2 is 1.79 bits per heavy atom. The molecule has 1 atom stereocenters. The van der Waals surface area contributed by atoms with Crippen LogP contribution >= 0.6 is 0 Å². The highest BCUT2D eigenvalue weighted by Crippen LogP contribution is 2.15. The second-order valence-corrected chi connectivity index (χ2v) is 4.36. The number of aromatic nitrogens is 1. The first kappa shape index (κ1) is 13.2. The largest absolute Gasteiger partial charge is 0.345 e. The zero-order chi connectivity index (χ0) is 13.5. The third kappa shape index (κ3) is 3.89. The Morgan fingerprint density at radius 3 is 2.42 bits per heavy atom. The summed E-state index contributed by atoms with van der Waals surface area (Å²) in [6.45, 7) is 0. The highest BCUT2D eigenvalue weighted by molar-refractivity contribution is 5.72. The first-order valence-corrected chi connectivity index (χ1v) is 6.07. The van der Waals surface area contributed by atoms with E-state index >= 15 is 0 Å².